The molecule has 0 fully saturated rings. The van der Waals surface area contributed by atoms with Gasteiger partial charge in [0.05, 0.1) is 0 Å². The fourth-order valence-corrected chi connectivity index (χ4v) is 1.55. The second-order valence-electron chi connectivity index (χ2n) is 3.90. The van der Waals surface area contributed by atoms with Gasteiger partial charge in [-0.1, -0.05) is 12.6 Å². The Kier molecular flexibility index (Phi) is 3.97. The van der Waals surface area contributed by atoms with Crippen LogP contribution in [-0.4, -0.2) is 12.0 Å². The first-order valence-electron chi connectivity index (χ1n) is 5.78. The zero-order valence-electron chi connectivity index (χ0n) is 10.4. The number of ether oxygens (including phenoxy) is 1. The molecule has 1 N–H and O–H groups in total. The van der Waals surface area contributed by atoms with E-state index < -0.39 is 0 Å². The van der Waals surface area contributed by atoms with Crippen LogP contribution in [0, 0.1) is 0 Å². The summed E-state index contributed by atoms with van der Waals surface area (Å²) in [6, 6.07) is 11.7. The van der Waals surface area contributed by atoms with E-state index in [2.05, 4.69) is 16.9 Å². The minimum absolute atomic E-state index is 0.528. The molecule has 1 aromatic heterocycles. The van der Waals surface area contributed by atoms with Crippen LogP contribution in [0.1, 0.15) is 11.1 Å². The molecule has 1 aromatic carbocycles. The van der Waals surface area contributed by atoms with E-state index in [4.69, 9.17) is 4.74 Å². The molecule has 18 heavy (non-hydrogen) atoms. The Bertz CT molecular complexity index is 506. The third-order valence-corrected chi connectivity index (χ3v) is 2.63. The highest BCUT2D eigenvalue weighted by atomic mass is 16.5. The van der Waals surface area contributed by atoms with Gasteiger partial charge >= 0.3 is 0 Å². The molecule has 0 unspecified atom stereocenters. The van der Waals surface area contributed by atoms with Gasteiger partial charge in [-0.15, -0.1) is 0 Å². The van der Waals surface area contributed by atoms with Crippen LogP contribution in [0.4, 0.5) is 0 Å². The van der Waals surface area contributed by atoms with E-state index in [0.717, 1.165) is 22.6 Å². The largest absolute Gasteiger partial charge is 0.489 e. The fraction of sp³-hybridized carbons (Fsp3) is 0.133. The number of rotatable bonds is 5. The van der Waals surface area contributed by atoms with Crippen molar-refractivity contribution < 1.29 is 4.74 Å². The molecule has 3 heteroatoms. The van der Waals surface area contributed by atoms with Crippen LogP contribution in [0.15, 0.2) is 55.4 Å². The summed E-state index contributed by atoms with van der Waals surface area (Å²) >= 11 is 0. The minimum Gasteiger partial charge on any atom is -0.489 e. The van der Waals surface area contributed by atoms with Crippen molar-refractivity contribution in [3.8, 4) is 5.75 Å². The Morgan fingerprint density at radius 3 is 2.67 bits per heavy atom. The second kappa shape index (κ2) is 5.87. The van der Waals surface area contributed by atoms with Crippen molar-refractivity contribution in [3.05, 3.63) is 66.5 Å². The quantitative estimate of drug-likeness (QED) is 0.872. The third kappa shape index (κ3) is 3.10. The molecule has 2 aromatic rings. The molecule has 1 heterocycles. The van der Waals surface area contributed by atoms with E-state index in [1.165, 1.54) is 0 Å². The number of nitrogens with zero attached hydrogens (tertiary/aromatic N) is 1. The lowest BCUT2D eigenvalue weighted by atomic mass is 10.2. The summed E-state index contributed by atoms with van der Waals surface area (Å²) in [6.45, 7) is 4.43. The maximum Gasteiger partial charge on any atom is 0.119 e. The van der Waals surface area contributed by atoms with Crippen LogP contribution in [0.25, 0.3) is 5.70 Å². The minimum atomic E-state index is 0.528. The van der Waals surface area contributed by atoms with Crippen LogP contribution in [-0.2, 0) is 6.61 Å². The smallest absolute Gasteiger partial charge is 0.119 e. The summed E-state index contributed by atoms with van der Waals surface area (Å²) in [5, 5.41) is 3.01. The molecule has 3 nitrogen and oxygen atoms in total. The number of hydrogen-bond donors (Lipinski definition) is 1. The van der Waals surface area contributed by atoms with E-state index in [-0.39, 0.29) is 0 Å². The molecule has 0 aliphatic heterocycles. The molecular weight excluding hydrogens is 224 g/mol. The molecule has 0 spiro atoms. The molecule has 2 rings (SSSR count). The molecule has 0 aliphatic rings. The number of nitrogens with one attached hydrogen (secondary N) is 1. The van der Waals surface area contributed by atoms with Gasteiger partial charge in [-0.25, -0.2) is 0 Å². The molecule has 0 atom stereocenters. The Morgan fingerprint density at radius 2 is 2.06 bits per heavy atom. The highest BCUT2D eigenvalue weighted by molar-refractivity contribution is 5.61. The van der Waals surface area contributed by atoms with E-state index in [0.29, 0.717) is 6.61 Å². The van der Waals surface area contributed by atoms with Crippen LogP contribution >= 0.6 is 0 Å². The summed E-state index contributed by atoms with van der Waals surface area (Å²) in [4.78, 5) is 4.05. The van der Waals surface area contributed by atoms with Crippen LogP contribution in [0.5, 0.6) is 5.75 Å². The predicted molar refractivity (Wildman–Crippen MR) is 73.1 cm³/mol. The zero-order valence-corrected chi connectivity index (χ0v) is 10.4. The average Bonchev–Trinajstić information content (AvgIpc) is 2.46. The lowest BCUT2D eigenvalue weighted by Gasteiger charge is -2.08. The van der Waals surface area contributed by atoms with Gasteiger partial charge in [-0.2, -0.15) is 0 Å². The first-order chi connectivity index (χ1) is 8.79. The summed E-state index contributed by atoms with van der Waals surface area (Å²) in [6.07, 6.45) is 3.55. The monoisotopic (exact) mass is 240 g/mol. The highest BCUT2D eigenvalue weighted by Crippen LogP contribution is 2.16. The maximum atomic E-state index is 5.67. The van der Waals surface area contributed by atoms with E-state index in [1.807, 2.05) is 43.4 Å². The first kappa shape index (κ1) is 12.2. The lowest BCUT2D eigenvalue weighted by molar-refractivity contribution is 0.305. The van der Waals surface area contributed by atoms with Crippen molar-refractivity contribution in [1.82, 2.24) is 10.3 Å². The summed E-state index contributed by atoms with van der Waals surface area (Å²) in [5.41, 5.74) is 3.02. The fourth-order valence-electron chi connectivity index (χ4n) is 1.55. The van der Waals surface area contributed by atoms with Crippen molar-refractivity contribution in [2.45, 2.75) is 6.61 Å². The Balaban J connectivity index is 1.97. The Morgan fingerprint density at radius 1 is 1.28 bits per heavy atom. The highest BCUT2D eigenvalue weighted by Gasteiger charge is 1.98. The van der Waals surface area contributed by atoms with Crippen molar-refractivity contribution in [2.75, 3.05) is 7.05 Å². The molecule has 0 amide bonds. The number of pyridine rings is 1. The molecule has 92 valence electrons. The summed E-state index contributed by atoms with van der Waals surface area (Å²) < 4.78 is 5.67. The van der Waals surface area contributed by atoms with E-state index in [9.17, 15) is 0 Å². The van der Waals surface area contributed by atoms with Crippen molar-refractivity contribution >= 4 is 5.70 Å². The van der Waals surface area contributed by atoms with Gasteiger partial charge in [-0.3, -0.25) is 4.98 Å². The van der Waals surface area contributed by atoms with Gasteiger partial charge < -0.3 is 10.1 Å². The van der Waals surface area contributed by atoms with Gasteiger partial charge in [0, 0.05) is 30.7 Å². The van der Waals surface area contributed by atoms with Crippen LogP contribution in [0.2, 0.25) is 0 Å². The Labute approximate surface area is 107 Å². The number of benzene rings is 1. The molecule has 0 radical (unpaired) electrons. The molecule has 0 bridgehead atoms. The normalized spacial score (nSPS) is 9.83. The molecular formula is C15H16N2O. The number of hydrogen-bond acceptors (Lipinski definition) is 3. The van der Waals surface area contributed by atoms with Crippen molar-refractivity contribution in [3.63, 3.8) is 0 Å². The van der Waals surface area contributed by atoms with Gasteiger partial charge in [0.25, 0.3) is 0 Å². The summed E-state index contributed by atoms with van der Waals surface area (Å²) in [5.74, 6) is 0.839. The van der Waals surface area contributed by atoms with E-state index in [1.54, 1.807) is 12.4 Å². The average molecular weight is 240 g/mol. The third-order valence-electron chi connectivity index (χ3n) is 2.63. The first-order valence-corrected chi connectivity index (χ1v) is 5.78. The van der Waals surface area contributed by atoms with Crippen molar-refractivity contribution in [1.29, 1.82) is 0 Å². The second-order valence-corrected chi connectivity index (χ2v) is 3.90. The topological polar surface area (TPSA) is 34.1 Å². The SMILES string of the molecule is C=C(NC)c1ccc(OCc2cccnc2)cc1. The standard InChI is InChI=1S/C15H16N2O/c1-12(16-2)14-5-7-15(8-6-14)18-11-13-4-3-9-17-10-13/h3-10,16H,1,11H2,2H3. The molecule has 0 saturated carbocycles. The van der Waals surface area contributed by atoms with Crippen molar-refractivity contribution in [2.24, 2.45) is 0 Å². The zero-order chi connectivity index (χ0) is 12.8. The lowest BCUT2D eigenvalue weighted by Crippen LogP contribution is -2.02. The Hall–Kier alpha value is -2.29. The molecule has 0 saturated heterocycles. The van der Waals surface area contributed by atoms with Gasteiger partial charge in [0.2, 0.25) is 0 Å². The number of aromatic nitrogens is 1. The molecule has 0 aliphatic carbocycles. The predicted octanol–water partition coefficient (Wildman–Crippen LogP) is 2.85. The van der Waals surface area contributed by atoms with Gasteiger partial charge in [0.1, 0.15) is 12.4 Å². The van der Waals surface area contributed by atoms with Gasteiger partial charge in [-0.05, 0) is 35.9 Å². The summed E-state index contributed by atoms with van der Waals surface area (Å²) in [7, 11) is 1.86. The van der Waals surface area contributed by atoms with Crippen LogP contribution in [0.3, 0.4) is 0 Å². The van der Waals surface area contributed by atoms with E-state index >= 15 is 0 Å². The van der Waals surface area contributed by atoms with Gasteiger partial charge in [0.15, 0.2) is 0 Å². The van der Waals surface area contributed by atoms with Crippen LogP contribution < -0.4 is 10.1 Å². The maximum absolute atomic E-state index is 5.67.